The Morgan fingerprint density at radius 2 is 1.91 bits per heavy atom. The molecule has 4 rings (SSSR count). The summed E-state index contributed by atoms with van der Waals surface area (Å²) in [5.74, 6) is 0.170. The predicted octanol–water partition coefficient (Wildman–Crippen LogP) is 4.47. The topological polar surface area (TPSA) is 83.4 Å². The second-order valence-electron chi connectivity index (χ2n) is 8.52. The molecular weight excluding hydrogens is 412 g/mol. The normalized spacial score (nSPS) is 13.2. The standard InChI is InChI=1S/C26H28N6O/c1-17(2)25-16-32(8-7-27-25)23-10-20(24-6-5-18(3)12-30-24)9-21(11-23)26(33)31-15-22-14-28-19(4)13-29-22/h5-14,17H,15-16H2,1-4H3,(H,31,33). The molecule has 0 fully saturated rings. The van der Waals surface area contributed by atoms with Crippen LogP contribution in [0.3, 0.4) is 0 Å². The third-order valence-electron chi connectivity index (χ3n) is 5.47. The SMILES string of the molecule is Cc1ccc(-c2cc(C(=O)NCc3cnc(C)cn3)cc(N3C=CN=C(C(C)C)C3)c2)nc1. The van der Waals surface area contributed by atoms with Crippen molar-refractivity contribution in [3.05, 3.63) is 83.8 Å². The van der Waals surface area contributed by atoms with Gasteiger partial charge in [0, 0.05) is 47.3 Å². The average Bonchev–Trinajstić information content (AvgIpc) is 2.83. The largest absolute Gasteiger partial charge is 0.346 e. The van der Waals surface area contributed by atoms with E-state index in [0.29, 0.717) is 30.3 Å². The van der Waals surface area contributed by atoms with Gasteiger partial charge in [-0.15, -0.1) is 0 Å². The molecule has 1 N–H and O–H groups in total. The number of pyridine rings is 1. The van der Waals surface area contributed by atoms with E-state index < -0.39 is 0 Å². The zero-order chi connectivity index (χ0) is 23.4. The number of rotatable bonds is 6. The molecule has 7 heteroatoms. The van der Waals surface area contributed by atoms with Crippen LogP contribution in [0, 0.1) is 19.8 Å². The lowest BCUT2D eigenvalue weighted by atomic mass is 10.0. The molecule has 3 heterocycles. The average molecular weight is 441 g/mol. The number of nitrogens with zero attached hydrogens (tertiary/aromatic N) is 5. The zero-order valence-electron chi connectivity index (χ0n) is 19.4. The fourth-order valence-electron chi connectivity index (χ4n) is 3.46. The zero-order valence-corrected chi connectivity index (χ0v) is 19.4. The van der Waals surface area contributed by atoms with Crippen LogP contribution < -0.4 is 10.2 Å². The highest BCUT2D eigenvalue weighted by molar-refractivity contribution is 5.97. The van der Waals surface area contributed by atoms with Gasteiger partial charge in [-0.25, -0.2) is 0 Å². The minimum atomic E-state index is -0.175. The van der Waals surface area contributed by atoms with Gasteiger partial charge in [0.05, 0.1) is 36.4 Å². The molecule has 1 aliphatic rings. The van der Waals surface area contributed by atoms with Crippen LogP contribution in [0.4, 0.5) is 5.69 Å². The van der Waals surface area contributed by atoms with Gasteiger partial charge in [-0.2, -0.15) is 0 Å². The van der Waals surface area contributed by atoms with Crippen LogP contribution in [0.1, 0.15) is 41.2 Å². The highest BCUT2D eigenvalue weighted by Gasteiger charge is 2.17. The molecule has 2 aromatic heterocycles. The number of anilines is 1. The molecule has 3 aromatic rings. The molecule has 0 radical (unpaired) electrons. The number of carbonyl (C=O) groups excluding carboxylic acids is 1. The molecule has 1 aliphatic heterocycles. The second kappa shape index (κ2) is 9.73. The highest BCUT2D eigenvalue weighted by Crippen LogP contribution is 2.28. The highest BCUT2D eigenvalue weighted by atomic mass is 16.1. The summed E-state index contributed by atoms with van der Waals surface area (Å²) in [5.41, 5.74) is 6.92. The van der Waals surface area contributed by atoms with Crippen LogP contribution >= 0.6 is 0 Å². The van der Waals surface area contributed by atoms with Crippen LogP contribution in [-0.4, -0.2) is 33.1 Å². The maximum atomic E-state index is 13.1. The molecule has 0 saturated carbocycles. The summed E-state index contributed by atoms with van der Waals surface area (Å²) in [5, 5.41) is 2.96. The Bertz CT molecular complexity index is 1200. The Morgan fingerprint density at radius 3 is 2.61 bits per heavy atom. The first-order chi connectivity index (χ1) is 15.9. The Morgan fingerprint density at radius 1 is 1.06 bits per heavy atom. The number of aliphatic imine (C=N–C) groups is 1. The minimum Gasteiger partial charge on any atom is -0.346 e. The van der Waals surface area contributed by atoms with Crippen molar-refractivity contribution in [1.29, 1.82) is 0 Å². The molecule has 1 amide bonds. The van der Waals surface area contributed by atoms with E-state index in [2.05, 4.69) is 50.1 Å². The number of amides is 1. The van der Waals surface area contributed by atoms with Gasteiger partial charge >= 0.3 is 0 Å². The first kappa shape index (κ1) is 22.3. The first-order valence-electron chi connectivity index (χ1n) is 11.0. The van der Waals surface area contributed by atoms with E-state index in [9.17, 15) is 4.79 Å². The lowest BCUT2D eigenvalue weighted by molar-refractivity contribution is 0.0950. The Kier molecular flexibility index (Phi) is 6.58. The number of hydrogen-bond acceptors (Lipinski definition) is 6. The number of carbonyl (C=O) groups is 1. The van der Waals surface area contributed by atoms with Gasteiger partial charge in [0.1, 0.15) is 0 Å². The van der Waals surface area contributed by atoms with Crippen molar-refractivity contribution in [2.75, 3.05) is 11.4 Å². The number of hydrogen-bond donors (Lipinski definition) is 1. The summed E-state index contributed by atoms with van der Waals surface area (Å²) in [6, 6.07) is 9.84. The van der Waals surface area contributed by atoms with Gasteiger partial charge < -0.3 is 10.2 Å². The van der Waals surface area contributed by atoms with E-state index in [0.717, 1.165) is 33.9 Å². The molecule has 1 aromatic carbocycles. The fraction of sp³-hybridized carbons (Fsp3) is 0.269. The molecule has 0 atom stereocenters. The van der Waals surface area contributed by atoms with Crippen molar-refractivity contribution in [2.45, 2.75) is 34.2 Å². The van der Waals surface area contributed by atoms with E-state index in [1.165, 1.54) is 0 Å². The van der Waals surface area contributed by atoms with Crippen LogP contribution in [0.25, 0.3) is 11.3 Å². The second-order valence-corrected chi connectivity index (χ2v) is 8.52. The molecule has 33 heavy (non-hydrogen) atoms. The molecular formula is C26H28N6O. The Balaban J connectivity index is 1.64. The maximum Gasteiger partial charge on any atom is 0.251 e. The molecule has 0 saturated heterocycles. The van der Waals surface area contributed by atoms with Gasteiger partial charge in [-0.3, -0.25) is 24.7 Å². The van der Waals surface area contributed by atoms with E-state index in [1.807, 2.05) is 56.7 Å². The monoisotopic (exact) mass is 440 g/mol. The van der Waals surface area contributed by atoms with Gasteiger partial charge in [-0.1, -0.05) is 19.9 Å². The smallest absolute Gasteiger partial charge is 0.251 e. The van der Waals surface area contributed by atoms with Crippen molar-refractivity contribution in [1.82, 2.24) is 20.3 Å². The Hall–Kier alpha value is -3.87. The lowest BCUT2D eigenvalue weighted by Crippen LogP contribution is -2.30. The van der Waals surface area contributed by atoms with Gasteiger partial charge in [0.25, 0.3) is 5.91 Å². The van der Waals surface area contributed by atoms with Gasteiger partial charge in [-0.05, 0) is 49.6 Å². The number of aryl methyl sites for hydroxylation is 2. The van der Waals surface area contributed by atoms with Crippen LogP contribution in [0.15, 0.2) is 66.3 Å². The fourth-order valence-corrected chi connectivity index (χ4v) is 3.46. The van der Waals surface area contributed by atoms with Crippen molar-refractivity contribution >= 4 is 17.3 Å². The summed E-state index contributed by atoms with van der Waals surface area (Å²) in [6.07, 6.45) is 8.96. The van der Waals surface area contributed by atoms with Crippen LogP contribution in [0.2, 0.25) is 0 Å². The van der Waals surface area contributed by atoms with E-state index in [4.69, 9.17) is 0 Å². The van der Waals surface area contributed by atoms with Crippen molar-refractivity contribution in [3.63, 3.8) is 0 Å². The van der Waals surface area contributed by atoms with Crippen molar-refractivity contribution in [2.24, 2.45) is 10.9 Å². The molecule has 0 aliphatic carbocycles. The summed E-state index contributed by atoms with van der Waals surface area (Å²) in [4.78, 5) is 32.8. The quantitative estimate of drug-likeness (QED) is 0.611. The van der Waals surface area contributed by atoms with Gasteiger partial charge in [0.2, 0.25) is 0 Å². The third-order valence-corrected chi connectivity index (χ3v) is 5.47. The van der Waals surface area contributed by atoms with E-state index in [1.54, 1.807) is 12.4 Å². The summed E-state index contributed by atoms with van der Waals surface area (Å²) < 4.78 is 0. The third kappa shape index (κ3) is 5.49. The Labute approximate surface area is 194 Å². The van der Waals surface area contributed by atoms with E-state index in [-0.39, 0.29) is 5.91 Å². The summed E-state index contributed by atoms with van der Waals surface area (Å²) >= 11 is 0. The first-order valence-corrected chi connectivity index (χ1v) is 11.0. The predicted molar refractivity (Wildman–Crippen MR) is 131 cm³/mol. The molecule has 168 valence electrons. The molecule has 0 bridgehead atoms. The lowest BCUT2D eigenvalue weighted by Gasteiger charge is -2.26. The number of aromatic nitrogens is 3. The maximum absolute atomic E-state index is 13.1. The molecule has 0 unspecified atom stereocenters. The van der Waals surface area contributed by atoms with Crippen LogP contribution in [0.5, 0.6) is 0 Å². The number of nitrogens with one attached hydrogen (secondary N) is 1. The van der Waals surface area contributed by atoms with Crippen molar-refractivity contribution < 1.29 is 4.79 Å². The van der Waals surface area contributed by atoms with Gasteiger partial charge in [0.15, 0.2) is 0 Å². The number of benzene rings is 1. The minimum absolute atomic E-state index is 0.175. The summed E-state index contributed by atoms with van der Waals surface area (Å²) in [7, 11) is 0. The molecule has 0 spiro atoms. The van der Waals surface area contributed by atoms with Crippen molar-refractivity contribution in [3.8, 4) is 11.3 Å². The van der Waals surface area contributed by atoms with E-state index >= 15 is 0 Å². The summed E-state index contributed by atoms with van der Waals surface area (Å²) in [6.45, 7) is 9.14. The molecule has 7 nitrogen and oxygen atoms in total. The van der Waals surface area contributed by atoms with Crippen LogP contribution in [-0.2, 0) is 6.54 Å².